The number of fused-ring (bicyclic) bond motifs is 2. The van der Waals surface area contributed by atoms with Crippen molar-refractivity contribution in [1.82, 2.24) is 9.97 Å². The molecule has 0 spiro atoms. The second-order valence-electron chi connectivity index (χ2n) is 3.26. The number of hydrogen-bond donors (Lipinski definition) is 2. The predicted molar refractivity (Wildman–Crippen MR) is 60.9 cm³/mol. The van der Waals surface area contributed by atoms with Gasteiger partial charge >= 0.3 is 0 Å². The highest BCUT2D eigenvalue weighted by atomic mass is 32.1. The van der Waals surface area contributed by atoms with Crippen LogP contribution in [-0.4, -0.2) is 9.97 Å². The summed E-state index contributed by atoms with van der Waals surface area (Å²) >= 11 is 4.52. The van der Waals surface area contributed by atoms with Crippen LogP contribution in [0.1, 0.15) is 0 Å². The summed E-state index contributed by atoms with van der Waals surface area (Å²) < 4.78 is 0. The maximum atomic E-state index is 4.52. The molecule has 68 valence electrons. The fraction of sp³-hybridized carbons (Fsp3) is 0. The van der Waals surface area contributed by atoms with Gasteiger partial charge in [0.1, 0.15) is 0 Å². The lowest BCUT2D eigenvalue weighted by atomic mass is 10.1. The minimum Gasteiger partial charge on any atom is -0.361 e. The topological polar surface area (TPSA) is 28.7 Å². The number of rotatable bonds is 0. The van der Waals surface area contributed by atoms with E-state index < -0.39 is 0 Å². The van der Waals surface area contributed by atoms with Crippen LogP contribution in [0.5, 0.6) is 0 Å². The predicted octanol–water partition coefficient (Wildman–Crippen LogP) is 3.00. The van der Waals surface area contributed by atoms with Gasteiger partial charge < -0.3 is 4.98 Å². The van der Waals surface area contributed by atoms with Crippen LogP contribution in [-0.2, 0) is 0 Å². The normalized spacial score (nSPS) is 11.2. The molecule has 3 aromatic rings. The van der Waals surface area contributed by atoms with Gasteiger partial charge in [-0.2, -0.15) is 0 Å². The minimum atomic E-state index is 0.992. The Bertz CT molecular complexity index is 613. The standard InChI is InChI=1S/C11H8N2S/c14-11-8-2-4-13-10(8)5-7-1-3-12-6-9(7)11/h1-6,13-14H. The van der Waals surface area contributed by atoms with Crippen LogP contribution in [0.25, 0.3) is 21.7 Å². The number of aromatic nitrogens is 2. The summed E-state index contributed by atoms with van der Waals surface area (Å²) in [4.78, 5) is 8.28. The van der Waals surface area contributed by atoms with Crippen LogP contribution in [0.2, 0.25) is 0 Å². The zero-order valence-electron chi connectivity index (χ0n) is 7.36. The number of thiol groups is 1. The van der Waals surface area contributed by atoms with Crippen molar-refractivity contribution in [2.24, 2.45) is 0 Å². The van der Waals surface area contributed by atoms with Gasteiger partial charge in [-0.3, -0.25) is 4.98 Å². The SMILES string of the molecule is Sc1c2cnccc2cc2[nH]ccc12. The molecule has 0 amide bonds. The first-order valence-electron chi connectivity index (χ1n) is 4.39. The lowest BCUT2D eigenvalue weighted by molar-refractivity contribution is 1.35. The van der Waals surface area contributed by atoms with Gasteiger partial charge in [0.05, 0.1) is 0 Å². The average molecular weight is 200 g/mol. The van der Waals surface area contributed by atoms with Gasteiger partial charge in [0.15, 0.2) is 0 Å². The fourth-order valence-electron chi connectivity index (χ4n) is 1.74. The van der Waals surface area contributed by atoms with Gasteiger partial charge in [-0.1, -0.05) is 0 Å². The number of H-pyrrole nitrogens is 1. The van der Waals surface area contributed by atoms with E-state index in [-0.39, 0.29) is 0 Å². The van der Waals surface area contributed by atoms with E-state index in [1.54, 1.807) is 6.20 Å². The van der Waals surface area contributed by atoms with Gasteiger partial charge in [0.25, 0.3) is 0 Å². The molecule has 0 atom stereocenters. The Kier molecular flexibility index (Phi) is 1.55. The minimum absolute atomic E-state index is 0.992. The van der Waals surface area contributed by atoms with E-state index in [1.165, 1.54) is 5.39 Å². The van der Waals surface area contributed by atoms with Gasteiger partial charge in [-0.25, -0.2) is 0 Å². The molecule has 1 N–H and O–H groups in total. The Morgan fingerprint density at radius 3 is 3.07 bits per heavy atom. The second-order valence-corrected chi connectivity index (χ2v) is 3.71. The third-order valence-corrected chi connectivity index (χ3v) is 2.93. The quantitative estimate of drug-likeness (QED) is 0.536. The summed E-state index contributed by atoms with van der Waals surface area (Å²) in [6.07, 6.45) is 5.57. The van der Waals surface area contributed by atoms with Crippen molar-refractivity contribution in [1.29, 1.82) is 0 Å². The highest BCUT2D eigenvalue weighted by molar-refractivity contribution is 7.80. The molecular weight excluding hydrogens is 192 g/mol. The van der Waals surface area contributed by atoms with E-state index in [1.807, 2.05) is 24.5 Å². The second kappa shape index (κ2) is 2.75. The Balaban J connectivity index is 2.63. The average Bonchev–Trinajstić information content (AvgIpc) is 2.66. The van der Waals surface area contributed by atoms with Crippen LogP contribution < -0.4 is 0 Å². The zero-order chi connectivity index (χ0) is 9.54. The number of pyridine rings is 1. The molecule has 0 aliphatic carbocycles. The number of hydrogen-bond acceptors (Lipinski definition) is 2. The lowest BCUT2D eigenvalue weighted by Crippen LogP contribution is -1.79. The molecule has 0 bridgehead atoms. The van der Waals surface area contributed by atoms with Crippen molar-refractivity contribution in [3.05, 3.63) is 36.8 Å². The maximum Gasteiger partial charge on any atom is 0.0471 e. The van der Waals surface area contributed by atoms with Crippen molar-refractivity contribution < 1.29 is 0 Å². The summed E-state index contributed by atoms with van der Waals surface area (Å²) in [6, 6.07) is 6.14. The van der Waals surface area contributed by atoms with Gasteiger partial charge in [-0.15, -0.1) is 12.6 Å². The molecule has 0 saturated heterocycles. The first-order valence-corrected chi connectivity index (χ1v) is 4.84. The molecule has 3 rings (SSSR count). The first kappa shape index (κ1) is 7.88. The third-order valence-electron chi connectivity index (χ3n) is 2.44. The fourth-order valence-corrected chi connectivity index (χ4v) is 2.12. The van der Waals surface area contributed by atoms with E-state index in [2.05, 4.69) is 28.7 Å². The van der Waals surface area contributed by atoms with E-state index in [0.717, 1.165) is 21.2 Å². The van der Waals surface area contributed by atoms with Gasteiger partial charge in [-0.05, 0) is 23.6 Å². The molecular formula is C11H8N2S. The Morgan fingerprint density at radius 2 is 2.14 bits per heavy atom. The van der Waals surface area contributed by atoms with Crippen molar-refractivity contribution in [2.75, 3.05) is 0 Å². The van der Waals surface area contributed by atoms with E-state index in [0.29, 0.717) is 0 Å². The van der Waals surface area contributed by atoms with E-state index in [4.69, 9.17) is 0 Å². The smallest absolute Gasteiger partial charge is 0.0471 e. The van der Waals surface area contributed by atoms with Crippen molar-refractivity contribution in [2.45, 2.75) is 4.90 Å². The van der Waals surface area contributed by atoms with Crippen LogP contribution >= 0.6 is 12.6 Å². The molecule has 0 aliphatic heterocycles. The third kappa shape index (κ3) is 0.960. The van der Waals surface area contributed by atoms with Crippen molar-refractivity contribution in [3.8, 4) is 0 Å². The number of benzene rings is 1. The molecule has 14 heavy (non-hydrogen) atoms. The van der Waals surface area contributed by atoms with Crippen LogP contribution in [0.3, 0.4) is 0 Å². The monoisotopic (exact) mass is 200 g/mol. The van der Waals surface area contributed by atoms with E-state index >= 15 is 0 Å². The highest BCUT2D eigenvalue weighted by Crippen LogP contribution is 2.29. The molecule has 0 unspecified atom stereocenters. The molecule has 0 saturated carbocycles. The van der Waals surface area contributed by atoms with Crippen LogP contribution in [0.15, 0.2) is 41.7 Å². The maximum absolute atomic E-state index is 4.52. The molecule has 2 heterocycles. The highest BCUT2D eigenvalue weighted by Gasteiger charge is 2.04. The summed E-state index contributed by atoms with van der Waals surface area (Å²) in [5, 5.41) is 3.41. The van der Waals surface area contributed by atoms with Crippen LogP contribution in [0.4, 0.5) is 0 Å². The molecule has 2 nitrogen and oxygen atoms in total. The molecule has 0 radical (unpaired) electrons. The molecule has 0 fully saturated rings. The van der Waals surface area contributed by atoms with E-state index in [9.17, 15) is 0 Å². The number of nitrogens with zero attached hydrogens (tertiary/aromatic N) is 1. The Hall–Kier alpha value is -1.48. The van der Waals surface area contributed by atoms with Crippen LogP contribution in [0, 0.1) is 0 Å². The largest absolute Gasteiger partial charge is 0.361 e. The van der Waals surface area contributed by atoms with Crippen molar-refractivity contribution >= 4 is 34.3 Å². The molecule has 0 aliphatic rings. The first-order chi connectivity index (χ1) is 6.86. The van der Waals surface area contributed by atoms with Gasteiger partial charge in [0.2, 0.25) is 0 Å². The zero-order valence-corrected chi connectivity index (χ0v) is 8.25. The molecule has 3 heteroatoms. The summed E-state index contributed by atoms with van der Waals surface area (Å²) in [5.74, 6) is 0. The Labute approximate surface area is 86.4 Å². The summed E-state index contributed by atoms with van der Waals surface area (Å²) in [6.45, 7) is 0. The molecule has 2 aromatic heterocycles. The molecule has 1 aromatic carbocycles. The summed E-state index contributed by atoms with van der Waals surface area (Å²) in [5.41, 5.74) is 1.12. The summed E-state index contributed by atoms with van der Waals surface area (Å²) in [7, 11) is 0. The lowest BCUT2D eigenvalue weighted by Gasteiger charge is -2.01. The Morgan fingerprint density at radius 1 is 1.21 bits per heavy atom. The van der Waals surface area contributed by atoms with Crippen molar-refractivity contribution in [3.63, 3.8) is 0 Å². The number of aromatic amines is 1. The number of nitrogens with one attached hydrogen (secondary N) is 1. The van der Waals surface area contributed by atoms with Gasteiger partial charge in [0, 0.05) is 39.8 Å².